The van der Waals surface area contributed by atoms with Gasteiger partial charge in [-0.3, -0.25) is 0 Å². The van der Waals surface area contributed by atoms with Crippen molar-refractivity contribution in [3.8, 4) is 0 Å². The van der Waals surface area contributed by atoms with Crippen LogP contribution in [0.2, 0.25) is 5.02 Å². The van der Waals surface area contributed by atoms with E-state index in [1.54, 1.807) is 4.31 Å². The molecule has 5 heteroatoms. The molecule has 128 valence electrons. The molecule has 1 unspecified atom stereocenters. The van der Waals surface area contributed by atoms with Gasteiger partial charge in [-0.1, -0.05) is 73.0 Å². The molecule has 0 bridgehead atoms. The highest BCUT2D eigenvalue weighted by Gasteiger charge is 2.33. The summed E-state index contributed by atoms with van der Waals surface area (Å²) in [5, 5.41) is 0.643. The summed E-state index contributed by atoms with van der Waals surface area (Å²) in [4.78, 5) is 0. The molecule has 1 heterocycles. The van der Waals surface area contributed by atoms with Gasteiger partial charge in [0.2, 0.25) is 10.0 Å². The van der Waals surface area contributed by atoms with E-state index in [0.717, 1.165) is 36.8 Å². The van der Waals surface area contributed by atoms with Crippen LogP contribution < -0.4 is 0 Å². The quantitative estimate of drug-likeness (QED) is 0.783. The van der Waals surface area contributed by atoms with E-state index in [1.807, 2.05) is 54.6 Å². The average Bonchev–Trinajstić information content (AvgIpc) is 2.82. The van der Waals surface area contributed by atoms with Crippen molar-refractivity contribution in [3.63, 3.8) is 0 Å². The van der Waals surface area contributed by atoms with E-state index in [-0.39, 0.29) is 11.8 Å². The van der Waals surface area contributed by atoms with Crippen LogP contribution in [0.3, 0.4) is 0 Å². The summed E-state index contributed by atoms with van der Waals surface area (Å²) >= 11 is 6.36. The molecule has 0 spiro atoms. The van der Waals surface area contributed by atoms with Crippen molar-refractivity contribution >= 4 is 21.6 Å². The molecular formula is C19H22ClNO2S. The van der Waals surface area contributed by atoms with Gasteiger partial charge in [0.1, 0.15) is 0 Å². The van der Waals surface area contributed by atoms with Crippen LogP contribution >= 0.6 is 11.6 Å². The molecule has 0 aliphatic carbocycles. The molecule has 0 amide bonds. The van der Waals surface area contributed by atoms with Gasteiger partial charge in [0, 0.05) is 11.6 Å². The maximum absolute atomic E-state index is 13.1. The molecule has 2 aromatic carbocycles. The summed E-state index contributed by atoms with van der Waals surface area (Å²) in [6.45, 7) is 0.561. The summed E-state index contributed by atoms with van der Waals surface area (Å²) in [7, 11) is -3.40. The third-order valence-electron chi connectivity index (χ3n) is 4.52. The van der Waals surface area contributed by atoms with Crippen LogP contribution in [-0.4, -0.2) is 19.3 Å². The average molecular weight is 364 g/mol. The van der Waals surface area contributed by atoms with Crippen LogP contribution in [0.1, 0.15) is 42.9 Å². The summed E-state index contributed by atoms with van der Waals surface area (Å²) in [6.07, 6.45) is 3.79. The maximum Gasteiger partial charge on any atom is 0.218 e. The Balaban J connectivity index is 1.94. The van der Waals surface area contributed by atoms with Crippen molar-refractivity contribution in [2.24, 2.45) is 0 Å². The van der Waals surface area contributed by atoms with E-state index >= 15 is 0 Å². The molecule has 1 fully saturated rings. The Hall–Kier alpha value is -1.36. The van der Waals surface area contributed by atoms with Gasteiger partial charge in [0.05, 0.1) is 11.8 Å². The van der Waals surface area contributed by atoms with Crippen molar-refractivity contribution in [2.75, 3.05) is 6.54 Å². The molecule has 1 saturated heterocycles. The Morgan fingerprint density at radius 1 is 0.958 bits per heavy atom. The zero-order valence-corrected chi connectivity index (χ0v) is 15.1. The molecule has 0 aromatic heterocycles. The Labute approximate surface area is 149 Å². The topological polar surface area (TPSA) is 37.4 Å². The fourth-order valence-electron chi connectivity index (χ4n) is 3.34. The van der Waals surface area contributed by atoms with Crippen LogP contribution in [0.5, 0.6) is 0 Å². The van der Waals surface area contributed by atoms with E-state index in [2.05, 4.69) is 0 Å². The Morgan fingerprint density at radius 2 is 1.67 bits per heavy atom. The number of hydrogen-bond donors (Lipinski definition) is 0. The summed E-state index contributed by atoms with van der Waals surface area (Å²) < 4.78 is 27.8. The van der Waals surface area contributed by atoms with Gasteiger partial charge >= 0.3 is 0 Å². The van der Waals surface area contributed by atoms with Gasteiger partial charge in [-0.2, -0.15) is 4.31 Å². The van der Waals surface area contributed by atoms with Crippen molar-refractivity contribution < 1.29 is 8.42 Å². The molecule has 2 aromatic rings. The van der Waals surface area contributed by atoms with Crippen molar-refractivity contribution in [1.29, 1.82) is 0 Å². The molecule has 0 N–H and O–H groups in total. The predicted molar refractivity (Wildman–Crippen MR) is 98.4 cm³/mol. The van der Waals surface area contributed by atoms with E-state index < -0.39 is 10.0 Å². The third kappa shape index (κ3) is 4.00. The van der Waals surface area contributed by atoms with Gasteiger partial charge in [-0.25, -0.2) is 8.42 Å². The lowest BCUT2D eigenvalue weighted by Gasteiger charge is -2.30. The Morgan fingerprint density at radius 3 is 2.42 bits per heavy atom. The number of benzene rings is 2. The molecule has 24 heavy (non-hydrogen) atoms. The second-order valence-corrected chi connectivity index (χ2v) is 8.57. The third-order valence-corrected chi connectivity index (χ3v) is 6.71. The second kappa shape index (κ2) is 7.68. The van der Waals surface area contributed by atoms with Crippen LogP contribution in [-0.2, 0) is 15.8 Å². The molecule has 0 saturated carbocycles. The van der Waals surface area contributed by atoms with Crippen molar-refractivity contribution in [3.05, 3.63) is 70.7 Å². The van der Waals surface area contributed by atoms with E-state index in [0.29, 0.717) is 11.6 Å². The van der Waals surface area contributed by atoms with Crippen LogP contribution in [0.4, 0.5) is 0 Å². The van der Waals surface area contributed by atoms with Crippen molar-refractivity contribution in [1.82, 2.24) is 4.31 Å². The SMILES string of the molecule is O=S(=O)(Cc1ccccc1)N1CCCCCC1c1ccccc1Cl. The molecule has 1 atom stereocenters. The van der Waals surface area contributed by atoms with Crippen LogP contribution in [0, 0.1) is 0 Å². The van der Waals surface area contributed by atoms with E-state index in [4.69, 9.17) is 11.6 Å². The highest BCUT2D eigenvalue weighted by molar-refractivity contribution is 7.88. The number of nitrogens with zero attached hydrogens (tertiary/aromatic N) is 1. The number of halogens is 1. The monoisotopic (exact) mass is 363 g/mol. The van der Waals surface area contributed by atoms with Gasteiger partial charge < -0.3 is 0 Å². The lowest BCUT2D eigenvalue weighted by Crippen LogP contribution is -2.35. The minimum Gasteiger partial charge on any atom is -0.212 e. The molecule has 3 nitrogen and oxygen atoms in total. The lowest BCUT2D eigenvalue weighted by molar-refractivity contribution is 0.328. The standard InChI is InChI=1S/C19H22ClNO2S/c20-18-12-7-6-11-17(18)19-13-5-2-8-14-21(19)24(22,23)15-16-9-3-1-4-10-16/h1,3-4,6-7,9-12,19H,2,5,8,13-15H2. The molecule has 0 radical (unpaired) electrons. The Bertz CT molecular complexity index is 777. The van der Waals surface area contributed by atoms with Gasteiger partial charge in [0.25, 0.3) is 0 Å². The highest BCUT2D eigenvalue weighted by Crippen LogP contribution is 2.36. The summed E-state index contributed by atoms with van der Waals surface area (Å²) in [5.41, 5.74) is 1.73. The van der Waals surface area contributed by atoms with Crippen LogP contribution in [0.25, 0.3) is 0 Å². The fourth-order valence-corrected chi connectivity index (χ4v) is 5.39. The summed E-state index contributed by atoms with van der Waals surface area (Å²) in [6, 6.07) is 16.8. The predicted octanol–water partition coefficient (Wildman–Crippen LogP) is 4.79. The number of rotatable bonds is 4. The maximum atomic E-state index is 13.1. The van der Waals surface area contributed by atoms with Crippen LogP contribution in [0.15, 0.2) is 54.6 Å². The first-order valence-corrected chi connectivity index (χ1v) is 10.3. The second-order valence-electron chi connectivity index (χ2n) is 6.24. The number of hydrogen-bond acceptors (Lipinski definition) is 2. The normalized spacial score (nSPS) is 19.8. The molecule has 1 aliphatic heterocycles. The first-order valence-electron chi connectivity index (χ1n) is 8.36. The first kappa shape index (κ1) is 17.5. The van der Waals surface area contributed by atoms with Gasteiger partial charge in [-0.05, 0) is 30.0 Å². The molecule has 3 rings (SSSR count). The van der Waals surface area contributed by atoms with E-state index in [9.17, 15) is 8.42 Å². The minimum absolute atomic E-state index is 0.0365. The van der Waals surface area contributed by atoms with Crippen molar-refractivity contribution in [2.45, 2.75) is 37.5 Å². The number of sulfonamides is 1. The smallest absolute Gasteiger partial charge is 0.212 e. The summed E-state index contributed by atoms with van der Waals surface area (Å²) in [5.74, 6) is 0.0365. The van der Waals surface area contributed by atoms with Gasteiger partial charge in [-0.15, -0.1) is 0 Å². The molecule has 1 aliphatic rings. The van der Waals surface area contributed by atoms with Gasteiger partial charge in [0.15, 0.2) is 0 Å². The zero-order valence-electron chi connectivity index (χ0n) is 13.6. The first-order chi connectivity index (χ1) is 11.6. The van der Waals surface area contributed by atoms with E-state index in [1.165, 1.54) is 0 Å². The lowest BCUT2D eigenvalue weighted by atomic mass is 10.0. The zero-order chi connectivity index (χ0) is 17.0. The molecular weight excluding hydrogens is 342 g/mol. The Kier molecular flexibility index (Phi) is 5.59. The largest absolute Gasteiger partial charge is 0.218 e. The highest BCUT2D eigenvalue weighted by atomic mass is 35.5. The minimum atomic E-state index is -3.40. The fraction of sp³-hybridized carbons (Fsp3) is 0.368.